The highest BCUT2D eigenvalue weighted by Crippen LogP contribution is 2.30. The van der Waals surface area contributed by atoms with Crippen LogP contribution >= 0.6 is 11.8 Å². The van der Waals surface area contributed by atoms with E-state index in [-0.39, 0.29) is 24.4 Å². The van der Waals surface area contributed by atoms with E-state index in [2.05, 4.69) is 17.2 Å². The molecular formula is C29H45N3O4S. The molecule has 0 saturated heterocycles. The highest BCUT2D eigenvalue weighted by molar-refractivity contribution is 7.98. The van der Waals surface area contributed by atoms with Crippen molar-refractivity contribution in [1.29, 1.82) is 0 Å². The van der Waals surface area contributed by atoms with Crippen molar-refractivity contribution < 1.29 is 19.1 Å². The van der Waals surface area contributed by atoms with Gasteiger partial charge in [0.15, 0.2) is 0 Å². The number of benzene rings is 1. The van der Waals surface area contributed by atoms with Gasteiger partial charge in [-0.1, -0.05) is 43.5 Å². The van der Waals surface area contributed by atoms with Crippen LogP contribution in [0.25, 0.3) is 0 Å². The molecule has 1 aliphatic rings. The fourth-order valence-electron chi connectivity index (χ4n) is 4.82. The smallest absolute Gasteiger partial charge is 0.408 e. The second-order valence-electron chi connectivity index (χ2n) is 10.8. The van der Waals surface area contributed by atoms with Gasteiger partial charge < -0.3 is 20.3 Å². The van der Waals surface area contributed by atoms with Gasteiger partial charge in [0.05, 0.1) is 0 Å². The maximum Gasteiger partial charge on any atom is 0.408 e. The van der Waals surface area contributed by atoms with Crippen molar-refractivity contribution in [2.75, 3.05) is 18.6 Å². The van der Waals surface area contributed by atoms with Crippen molar-refractivity contribution in [3.8, 4) is 0 Å². The zero-order chi connectivity index (χ0) is 27.6. The Bertz CT molecular complexity index is 917. The Hall–Kier alpha value is -2.48. The highest BCUT2D eigenvalue weighted by atomic mass is 32.2. The quantitative estimate of drug-likeness (QED) is 0.371. The molecule has 0 radical (unpaired) electrons. The van der Waals surface area contributed by atoms with Crippen LogP contribution in [0.5, 0.6) is 0 Å². The van der Waals surface area contributed by atoms with Crippen molar-refractivity contribution in [2.45, 2.75) is 96.9 Å². The van der Waals surface area contributed by atoms with Gasteiger partial charge in [-0.15, -0.1) is 6.58 Å². The molecule has 1 aromatic carbocycles. The van der Waals surface area contributed by atoms with Crippen molar-refractivity contribution in [2.24, 2.45) is 0 Å². The summed E-state index contributed by atoms with van der Waals surface area (Å²) >= 11 is 1.59. The maximum absolute atomic E-state index is 14.1. The largest absolute Gasteiger partial charge is 0.444 e. The number of nitrogens with zero attached hydrogens (tertiary/aromatic N) is 1. The molecule has 37 heavy (non-hydrogen) atoms. The second-order valence-corrected chi connectivity index (χ2v) is 11.8. The number of thioether (sulfide) groups is 1. The summed E-state index contributed by atoms with van der Waals surface area (Å²) in [5.41, 5.74) is 1.99. The second kappa shape index (κ2) is 14.5. The van der Waals surface area contributed by atoms with Gasteiger partial charge in [0.1, 0.15) is 17.7 Å². The minimum Gasteiger partial charge on any atom is -0.444 e. The molecule has 0 bridgehead atoms. The Kier molecular flexibility index (Phi) is 12.0. The van der Waals surface area contributed by atoms with E-state index in [0.717, 1.165) is 42.4 Å². The number of hydrogen-bond donors (Lipinski definition) is 2. The molecule has 206 valence electrons. The Morgan fingerprint density at radius 2 is 1.78 bits per heavy atom. The first-order valence-corrected chi connectivity index (χ1v) is 14.6. The normalized spacial score (nSPS) is 15.8. The fraction of sp³-hybridized carbons (Fsp3) is 0.621. The molecule has 2 unspecified atom stereocenters. The van der Waals surface area contributed by atoms with Gasteiger partial charge in [0.2, 0.25) is 11.8 Å². The van der Waals surface area contributed by atoms with E-state index in [1.807, 2.05) is 38.3 Å². The number of amides is 3. The summed E-state index contributed by atoms with van der Waals surface area (Å²) in [4.78, 5) is 42.2. The fourth-order valence-corrected chi connectivity index (χ4v) is 5.29. The molecule has 8 heteroatoms. The third kappa shape index (κ3) is 9.40. The number of ether oxygens (including phenoxy) is 1. The lowest BCUT2D eigenvalue weighted by atomic mass is 9.91. The summed E-state index contributed by atoms with van der Waals surface area (Å²) < 4.78 is 5.44. The number of rotatable bonds is 11. The van der Waals surface area contributed by atoms with Gasteiger partial charge in [0.25, 0.3) is 0 Å². The lowest BCUT2D eigenvalue weighted by Crippen LogP contribution is -2.54. The van der Waals surface area contributed by atoms with Gasteiger partial charge in [-0.3, -0.25) is 9.59 Å². The molecule has 2 rings (SSSR count). The van der Waals surface area contributed by atoms with Crippen molar-refractivity contribution in [3.63, 3.8) is 0 Å². The minimum atomic E-state index is -0.842. The van der Waals surface area contributed by atoms with E-state index in [4.69, 9.17) is 4.74 Å². The Balaban J connectivity index is 2.48. The van der Waals surface area contributed by atoms with E-state index < -0.39 is 23.8 Å². The topological polar surface area (TPSA) is 87.7 Å². The van der Waals surface area contributed by atoms with Gasteiger partial charge in [0, 0.05) is 12.6 Å². The first-order valence-electron chi connectivity index (χ1n) is 13.2. The first kappa shape index (κ1) is 30.7. The zero-order valence-corrected chi connectivity index (χ0v) is 24.2. The van der Waals surface area contributed by atoms with Gasteiger partial charge in [-0.05, 0) is 82.6 Å². The van der Waals surface area contributed by atoms with Crippen LogP contribution in [-0.4, -0.2) is 59.0 Å². The van der Waals surface area contributed by atoms with E-state index in [1.54, 1.807) is 43.5 Å². The van der Waals surface area contributed by atoms with Gasteiger partial charge >= 0.3 is 6.09 Å². The van der Waals surface area contributed by atoms with E-state index in [0.29, 0.717) is 12.2 Å². The predicted octanol–water partition coefficient (Wildman–Crippen LogP) is 5.45. The Morgan fingerprint density at radius 3 is 2.32 bits per heavy atom. The minimum absolute atomic E-state index is 0.0981. The molecule has 2 atom stereocenters. The van der Waals surface area contributed by atoms with Crippen LogP contribution in [0.4, 0.5) is 4.79 Å². The molecule has 1 aromatic rings. The lowest BCUT2D eigenvalue weighted by Gasteiger charge is -2.36. The molecule has 0 aliphatic heterocycles. The molecule has 0 aromatic heterocycles. The monoisotopic (exact) mass is 531 g/mol. The van der Waals surface area contributed by atoms with Crippen molar-refractivity contribution in [3.05, 3.63) is 47.5 Å². The maximum atomic E-state index is 14.1. The summed E-state index contributed by atoms with van der Waals surface area (Å²) in [5, 5.41) is 6.01. The van der Waals surface area contributed by atoms with E-state index >= 15 is 0 Å². The lowest BCUT2D eigenvalue weighted by molar-refractivity contribution is -0.142. The third-order valence-electron chi connectivity index (χ3n) is 6.54. The number of hydrogen-bond acceptors (Lipinski definition) is 5. The summed E-state index contributed by atoms with van der Waals surface area (Å²) in [7, 11) is 0. The summed E-state index contributed by atoms with van der Waals surface area (Å²) in [6.07, 6.45) is 8.59. The van der Waals surface area contributed by atoms with Crippen LogP contribution in [-0.2, 0) is 14.3 Å². The number of aryl methyl sites for hydroxylation is 2. The summed E-state index contributed by atoms with van der Waals surface area (Å²) in [5.74, 6) is 0.142. The molecule has 1 saturated carbocycles. The first-order chi connectivity index (χ1) is 17.5. The average Bonchev–Trinajstić information content (AvgIpc) is 2.82. The average molecular weight is 532 g/mol. The molecule has 0 spiro atoms. The molecule has 1 aliphatic carbocycles. The molecule has 2 N–H and O–H groups in total. The van der Waals surface area contributed by atoms with Crippen LogP contribution in [0.2, 0.25) is 0 Å². The third-order valence-corrected chi connectivity index (χ3v) is 7.18. The summed E-state index contributed by atoms with van der Waals surface area (Å²) in [6.45, 7) is 13.3. The number of nitrogens with one attached hydrogen (secondary N) is 2. The predicted molar refractivity (Wildman–Crippen MR) is 152 cm³/mol. The van der Waals surface area contributed by atoms with Crippen molar-refractivity contribution >= 4 is 29.7 Å². The Morgan fingerprint density at radius 1 is 1.16 bits per heavy atom. The zero-order valence-electron chi connectivity index (χ0n) is 23.4. The molecule has 7 nitrogen and oxygen atoms in total. The van der Waals surface area contributed by atoms with Crippen LogP contribution in [0, 0.1) is 13.8 Å². The highest BCUT2D eigenvalue weighted by Gasteiger charge is 2.37. The van der Waals surface area contributed by atoms with Crippen LogP contribution < -0.4 is 10.6 Å². The molecule has 0 heterocycles. The summed E-state index contributed by atoms with van der Waals surface area (Å²) in [6, 6.07) is 4.30. The number of carbonyl (C=O) groups excluding carboxylic acids is 3. The van der Waals surface area contributed by atoms with Crippen molar-refractivity contribution in [1.82, 2.24) is 15.5 Å². The Labute approximate surface area is 227 Å². The van der Waals surface area contributed by atoms with Gasteiger partial charge in [-0.2, -0.15) is 11.8 Å². The SMILES string of the molecule is C=CCN(C(=O)C(CCSC)NC(=O)OC(C)(C)C)C(C(=O)NC1CCCCC1)c1c(C)cccc1C. The van der Waals surface area contributed by atoms with Crippen LogP contribution in [0.15, 0.2) is 30.9 Å². The van der Waals surface area contributed by atoms with E-state index in [1.165, 1.54) is 6.42 Å². The molecular weight excluding hydrogens is 486 g/mol. The van der Waals surface area contributed by atoms with E-state index in [9.17, 15) is 14.4 Å². The van der Waals surface area contributed by atoms with Crippen LogP contribution in [0.3, 0.4) is 0 Å². The standard InChI is InChI=1S/C29H45N3O4S/c1-8-18-32(27(34)23(17-19-37-7)31-28(35)36-29(4,5)6)25(24-20(2)13-12-14-21(24)3)26(33)30-22-15-10-9-11-16-22/h8,12-14,22-23,25H,1,9-11,15-19H2,2-7H3,(H,30,33)(H,31,35). The van der Waals surface area contributed by atoms with Gasteiger partial charge in [-0.25, -0.2) is 4.79 Å². The molecule has 3 amide bonds. The molecule has 1 fully saturated rings. The van der Waals surface area contributed by atoms with Crippen LogP contribution in [0.1, 0.15) is 82.0 Å². The number of alkyl carbamates (subject to hydrolysis) is 1. The number of carbonyl (C=O) groups is 3.